The maximum atomic E-state index is 12.7. The molecule has 1 amide bonds. The maximum Gasteiger partial charge on any atom is 0.244 e. The standard InChI is InChI=1S/C13H15Cl2N3O3S/c14-9-1-2-12(10(15)7-9)22(20,21)18-6-5-17-4-3-16-13(19)11(17)8-18/h1-2,7,11H,3-6,8H2,(H,16,19)/t11-/m1/s1. The molecule has 0 radical (unpaired) electrons. The summed E-state index contributed by atoms with van der Waals surface area (Å²) in [5.74, 6) is -0.131. The molecule has 2 aliphatic heterocycles. The largest absolute Gasteiger partial charge is 0.353 e. The first-order valence-corrected chi connectivity index (χ1v) is 9.06. The molecular formula is C13H15Cl2N3O3S. The van der Waals surface area contributed by atoms with E-state index in [9.17, 15) is 13.2 Å². The maximum absolute atomic E-state index is 12.7. The molecule has 3 rings (SSSR count). The van der Waals surface area contributed by atoms with E-state index in [1.807, 2.05) is 4.90 Å². The lowest BCUT2D eigenvalue weighted by molar-refractivity contribution is -0.130. The quantitative estimate of drug-likeness (QED) is 0.843. The second-order valence-electron chi connectivity index (χ2n) is 5.28. The minimum absolute atomic E-state index is 0.0169. The van der Waals surface area contributed by atoms with Crippen LogP contribution in [-0.4, -0.2) is 62.3 Å². The SMILES string of the molecule is O=C1NCCN2CCN(S(=O)(=O)c3ccc(Cl)cc3Cl)C[C@H]12. The highest BCUT2D eigenvalue weighted by atomic mass is 35.5. The number of fused-ring (bicyclic) bond motifs is 1. The van der Waals surface area contributed by atoms with Crippen LogP contribution >= 0.6 is 23.2 Å². The Morgan fingerprint density at radius 2 is 1.95 bits per heavy atom. The first-order chi connectivity index (χ1) is 10.4. The Hall–Kier alpha value is -0.860. The van der Waals surface area contributed by atoms with Gasteiger partial charge < -0.3 is 5.32 Å². The Balaban J connectivity index is 1.88. The summed E-state index contributed by atoms with van der Waals surface area (Å²) in [6.45, 7) is 2.35. The molecule has 1 N–H and O–H groups in total. The summed E-state index contributed by atoms with van der Waals surface area (Å²) in [7, 11) is -3.75. The van der Waals surface area contributed by atoms with E-state index < -0.39 is 16.1 Å². The molecule has 0 bridgehead atoms. The summed E-state index contributed by atoms with van der Waals surface area (Å²) >= 11 is 11.8. The van der Waals surface area contributed by atoms with Crippen LogP contribution < -0.4 is 5.32 Å². The van der Waals surface area contributed by atoms with Gasteiger partial charge in [0.1, 0.15) is 10.9 Å². The topological polar surface area (TPSA) is 69.7 Å². The van der Waals surface area contributed by atoms with E-state index in [1.54, 1.807) is 0 Å². The van der Waals surface area contributed by atoms with E-state index in [0.717, 1.165) is 6.54 Å². The number of halogens is 2. The van der Waals surface area contributed by atoms with Gasteiger partial charge in [0.25, 0.3) is 0 Å². The number of nitrogens with one attached hydrogen (secondary N) is 1. The second-order valence-corrected chi connectivity index (χ2v) is 8.03. The van der Waals surface area contributed by atoms with Crippen molar-refractivity contribution < 1.29 is 13.2 Å². The van der Waals surface area contributed by atoms with E-state index in [0.29, 0.717) is 24.7 Å². The highest BCUT2D eigenvalue weighted by Crippen LogP contribution is 2.29. The van der Waals surface area contributed by atoms with Crippen molar-refractivity contribution in [1.29, 1.82) is 0 Å². The minimum Gasteiger partial charge on any atom is -0.353 e. The smallest absolute Gasteiger partial charge is 0.244 e. The van der Waals surface area contributed by atoms with Crippen LogP contribution in [0.2, 0.25) is 10.0 Å². The number of benzene rings is 1. The van der Waals surface area contributed by atoms with Crippen molar-refractivity contribution in [2.45, 2.75) is 10.9 Å². The number of rotatable bonds is 2. The normalized spacial score (nSPS) is 23.9. The summed E-state index contributed by atoms with van der Waals surface area (Å²) < 4.78 is 26.8. The van der Waals surface area contributed by atoms with Crippen molar-refractivity contribution in [3.8, 4) is 0 Å². The molecule has 120 valence electrons. The summed E-state index contributed by atoms with van der Waals surface area (Å²) in [4.78, 5) is 14.0. The van der Waals surface area contributed by atoms with Crippen molar-refractivity contribution in [3.63, 3.8) is 0 Å². The minimum atomic E-state index is -3.75. The summed E-state index contributed by atoms with van der Waals surface area (Å²) in [5.41, 5.74) is 0. The van der Waals surface area contributed by atoms with Crippen LogP contribution in [0.25, 0.3) is 0 Å². The zero-order chi connectivity index (χ0) is 15.9. The Bertz CT molecular complexity index is 710. The van der Waals surface area contributed by atoms with Crippen LogP contribution in [0.5, 0.6) is 0 Å². The molecule has 9 heteroatoms. The lowest BCUT2D eigenvalue weighted by Crippen LogP contribution is -2.64. The van der Waals surface area contributed by atoms with Crippen LogP contribution in [-0.2, 0) is 14.8 Å². The van der Waals surface area contributed by atoms with Crippen LogP contribution in [0, 0.1) is 0 Å². The van der Waals surface area contributed by atoms with Gasteiger partial charge in [-0.1, -0.05) is 23.2 Å². The van der Waals surface area contributed by atoms with Crippen molar-refractivity contribution in [2.24, 2.45) is 0 Å². The Morgan fingerprint density at radius 3 is 2.68 bits per heavy atom. The molecule has 2 aliphatic rings. The van der Waals surface area contributed by atoms with E-state index in [4.69, 9.17) is 23.2 Å². The van der Waals surface area contributed by atoms with Crippen molar-refractivity contribution in [1.82, 2.24) is 14.5 Å². The number of nitrogens with zero attached hydrogens (tertiary/aromatic N) is 2. The molecule has 2 saturated heterocycles. The second kappa shape index (κ2) is 5.98. The van der Waals surface area contributed by atoms with Crippen molar-refractivity contribution in [3.05, 3.63) is 28.2 Å². The molecule has 6 nitrogen and oxygen atoms in total. The zero-order valence-corrected chi connectivity index (χ0v) is 14.0. The van der Waals surface area contributed by atoms with Gasteiger partial charge in [0.2, 0.25) is 15.9 Å². The molecule has 0 unspecified atom stereocenters. The van der Waals surface area contributed by atoms with Gasteiger partial charge in [-0.05, 0) is 18.2 Å². The average Bonchev–Trinajstić information content (AvgIpc) is 2.47. The third-order valence-electron chi connectivity index (χ3n) is 3.97. The molecule has 0 saturated carbocycles. The fourth-order valence-corrected chi connectivity index (χ4v) is 4.98. The molecular weight excluding hydrogens is 349 g/mol. The van der Waals surface area contributed by atoms with Crippen LogP contribution in [0.1, 0.15) is 0 Å². The summed E-state index contributed by atoms with van der Waals surface area (Å²) in [5, 5.41) is 3.23. The summed E-state index contributed by atoms with van der Waals surface area (Å²) in [6, 6.07) is 3.85. The van der Waals surface area contributed by atoms with Gasteiger partial charge in [0.05, 0.1) is 5.02 Å². The molecule has 1 aromatic rings. The Morgan fingerprint density at radius 1 is 1.18 bits per heavy atom. The lowest BCUT2D eigenvalue weighted by Gasteiger charge is -2.42. The molecule has 1 atom stereocenters. The van der Waals surface area contributed by atoms with Crippen molar-refractivity contribution in [2.75, 3.05) is 32.7 Å². The molecule has 2 heterocycles. The molecule has 2 fully saturated rings. The highest BCUT2D eigenvalue weighted by molar-refractivity contribution is 7.89. The zero-order valence-electron chi connectivity index (χ0n) is 11.6. The summed E-state index contributed by atoms with van der Waals surface area (Å²) in [6.07, 6.45) is 0. The fourth-order valence-electron chi connectivity index (χ4n) is 2.79. The third kappa shape index (κ3) is 2.83. The van der Waals surface area contributed by atoms with Gasteiger partial charge in [-0.2, -0.15) is 4.31 Å². The number of hydrogen-bond donors (Lipinski definition) is 1. The van der Waals surface area contributed by atoms with Gasteiger partial charge in [0, 0.05) is 37.7 Å². The van der Waals surface area contributed by atoms with E-state index in [1.165, 1.54) is 22.5 Å². The van der Waals surface area contributed by atoms with Gasteiger partial charge in [-0.3, -0.25) is 9.69 Å². The van der Waals surface area contributed by atoms with Gasteiger partial charge >= 0.3 is 0 Å². The average molecular weight is 364 g/mol. The van der Waals surface area contributed by atoms with Crippen LogP contribution in [0.4, 0.5) is 0 Å². The van der Waals surface area contributed by atoms with Gasteiger partial charge in [-0.15, -0.1) is 0 Å². The molecule has 22 heavy (non-hydrogen) atoms. The number of piperazine rings is 2. The fraction of sp³-hybridized carbons (Fsp3) is 0.462. The third-order valence-corrected chi connectivity index (χ3v) is 6.55. The van der Waals surface area contributed by atoms with Crippen LogP contribution in [0.15, 0.2) is 23.1 Å². The monoisotopic (exact) mass is 363 g/mol. The van der Waals surface area contributed by atoms with Crippen molar-refractivity contribution >= 4 is 39.1 Å². The van der Waals surface area contributed by atoms with E-state index in [-0.39, 0.29) is 22.4 Å². The number of carbonyl (C=O) groups is 1. The highest BCUT2D eigenvalue weighted by Gasteiger charge is 2.39. The number of hydrogen-bond acceptors (Lipinski definition) is 4. The number of carbonyl (C=O) groups excluding carboxylic acids is 1. The lowest BCUT2D eigenvalue weighted by atomic mass is 10.1. The number of amides is 1. The Kier molecular flexibility index (Phi) is 4.35. The van der Waals surface area contributed by atoms with Gasteiger partial charge in [0.15, 0.2) is 0 Å². The predicted octanol–water partition coefficient (Wildman–Crippen LogP) is 0.798. The molecule has 0 aliphatic carbocycles. The first-order valence-electron chi connectivity index (χ1n) is 6.86. The van der Waals surface area contributed by atoms with Crippen LogP contribution in [0.3, 0.4) is 0 Å². The Labute approximate surface area is 139 Å². The molecule has 1 aromatic carbocycles. The van der Waals surface area contributed by atoms with E-state index >= 15 is 0 Å². The van der Waals surface area contributed by atoms with Gasteiger partial charge in [-0.25, -0.2) is 8.42 Å². The number of sulfonamides is 1. The molecule has 0 aromatic heterocycles. The predicted molar refractivity (Wildman–Crippen MR) is 83.6 cm³/mol. The van der Waals surface area contributed by atoms with E-state index in [2.05, 4.69) is 5.32 Å². The molecule has 0 spiro atoms. The first kappa shape index (κ1) is 16.0.